The van der Waals surface area contributed by atoms with Crippen molar-refractivity contribution in [3.05, 3.63) is 64.7 Å². The van der Waals surface area contributed by atoms with E-state index in [1.807, 2.05) is 6.07 Å². The Labute approximate surface area is 127 Å². The quantitative estimate of drug-likeness (QED) is 0.818. The maximum atomic E-state index is 5.25. The number of ether oxygens (including phenoxy) is 1. The Kier molecular flexibility index (Phi) is 4.56. The summed E-state index contributed by atoms with van der Waals surface area (Å²) >= 11 is 0. The Bertz CT molecular complexity index is 606. The Morgan fingerprint density at radius 3 is 2.81 bits per heavy atom. The molecule has 0 spiro atoms. The van der Waals surface area contributed by atoms with Crippen molar-refractivity contribution in [2.75, 3.05) is 13.7 Å². The van der Waals surface area contributed by atoms with Gasteiger partial charge in [-0.05, 0) is 66.6 Å². The molecule has 2 aromatic carbocycles. The number of fused-ring (bicyclic) bond motifs is 1. The second-order valence-electron chi connectivity index (χ2n) is 5.73. The molecule has 21 heavy (non-hydrogen) atoms. The molecular formula is C19H23NO. The molecule has 0 amide bonds. The molecule has 0 aliphatic heterocycles. The first-order valence-corrected chi connectivity index (χ1v) is 7.79. The minimum Gasteiger partial charge on any atom is -0.497 e. The van der Waals surface area contributed by atoms with E-state index in [-0.39, 0.29) is 0 Å². The van der Waals surface area contributed by atoms with E-state index in [1.54, 1.807) is 18.2 Å². The van der Waals surface area contributed by atoms with Crippen molar-refractivity contribution in [2.45, 2.75) is 32.2 Å². The largest absolute Gasteiger partial charge is 0.497 e. The summed E-state index contributed by atoms with van der Waals surface area (Å²) < 4.78 is 5.25. The van der Waals surface area contributed by atoms with Gasteiger partial charge in [0.05, 0.1) is 7.11 Å². The highest BCUT2D eigenvalue weighted by molar-refractivity contribution is 5.35. The Morgan fingerprint density at radius 1 is 1.00 bits per heavy atom. The zero-order valence-corrected chi connectivity index (χ0v) is 12.7. The monoisotopic (exact) mass is 281 g/mol. The predicted molar refractivity (Wildman–Crippen MR) is 86.9 cm³/mol. The van der Waals surface area contributed by atoms with Gasteiger partial charge in [-0.2, -0.15) is 0 Å². The van der Waals surface area contributed by atoms with E-state index in [0.29, 0.717) is 0 Å². The molecule has 0 fully saturated rings. The molecule has 1 aliphatic rings. The van der Waals surface area contributed by atoms with E-state index >= 15 is 0 Å². The van der Waals surface area contributed by atoms with Gasteiger partial charge in [0.25, 0.3) is 0 Å². The van der Waals surface area contributed by atoms with Gasteiger partial charge in [0.2, 0.25) is 0 Å². The van der Waals surface area contributed by atoms with Crippen molar-refractivity contribution >= 4 is 0 Å². The van der Waals surface area contributed by atoms with Crippen LogP contribution in [0.15, 0.2) is 42.5 Å². The molecule has 0 unspecified atom stereocenters. The average Bonchev–Trinajstić information content (AvgIpc) is 2.99. The number of methoxy groups -OCH3 is 1. The summed E-state index contributed by atoms with van der Waals surface area (Å²) in [5.41, 5.74) is 5.83. The van der Waals surface area contributed by atoms with Crippen molar-refractivity contribution in [3.63, 3.8) is 0 Å². The Balaban J connectivity index is 1.47. The maximum Gasteiger partial charge on any atom is 0.119 e. The minimum absolute atomic E-state index is 0.936. The third kappa shape index (κ3) is 3.64. The van der Waals surface area contributed by atoms with Crippen molar-refractivity contribution < 1.29 is 4.74 Å². The zero-order chi connectivity index (χ0) is 14.5. The van der Waals surface area contributed by atoms with E-state index in [4.69, 9.17) is 4.74 Å². The van der Waals surface area contributed by atoms with E-state index in [9.17, 15) is 0 Å². The average molecular weight is 281 g/mol. The van der Waals surface area contributed by atoms with Gasteiger partial charge in [-0.25, -0.2) is 0 Å². The van der Waals surface area contributed by atoms with E-state index < -0.39 is 0 Å². The molecule has 1 aliphatic carbocycles. The van der Waals surface area contributed by atoms with Crippen molar-refractivity contribution in [2.24, 2.45) is 0 Å². The second kappa shape index (κ2) is 6.77. The molecule has 2 heteroatoms. The van der Waals surface area contributed by atoms with Crippen molar-refractivity contribution in [1.29, 1.82) is 0 Å². The van der Waals surface area contributed by atoms with Crippen LogP contribution in [-0.4, -0.2) is 13.7 Å². The number of aryl methyl sites for hydroxylation is 2. The number of nitrogens with one attached hydrogen (secondary N) is 1. The first-order valence-electron chi connectivity index (χ1n) is 7.79. The van der Waals surface area contributed by atoms with Gasteiger partial charge in [-0.1, -0.05) is 30.3 Å². The third-order valence-corrected chi connectivity index (χ3v) is 4.22. The summed E-state index contributed by atoms with van der Waals surface area (Å²) in [6, 6.07) is 15.2. The second-order valence-corrected chi connectivity index (χ2v) is 5.73. The summed E-state index contributed by atoms with van der Waals surface area (Å²) in [6.45, 7) is 1.95. The first-order chi connectivity index (χ1) is 10.3. The lowest BCUT2D eigenvalue weighted by atomic mass is 10.1. The fraction of sp³-hybridized carbons (Fsp3) is 0.368. The molecule has 0 aromatic heterocycles. The van der Waals surface area contributed by atoms with Crippen LogP contribution in [0, 0.1) is 0 Å². The minimum atomic E-state index is 0.936. The van der Waals surface area contributed by atoms with Crippen molar-refractivity contribution in [1.82, 2.24) is 5.32 Å². The van der Waals surface area contributed by atoms with Crippen LogP contribution < -0.4 is 10.1 Å². The molecule has 0 radical (unpaired) electrons. The molecule has 2 aromatic rings. The lowest BCUT2D eigenvalue weighted by Gasteiger charge is -2.08. The maximum absolute atomic E-state index is 5.25. The van der Waals surface area contributed by atoms with Crippen LogP contribution in [-0.2, 0) is 25.8 Å². The van der Waals surface area contributed by atoms with Crippen molar-refractivity contribution in [3.8, 4) is 5.75 Å². The molecule has 0 saturated carbocycles. The smallest absolute Gasteiger partial charge is 0.119 e. The first kappa shape index (κ1) is 14.2. The van der Waals surface area contributed by atoms with Crippen LogP contribution in [0.25, 0.3) is 0 Å². The topological polar surface area (TPSA) is 21.3 Å². The van der Waals surface area contributed by atoms with Gasteiger partial charge in [0.1, 0.15) is 5.75 Å². The fourth-order valence-electron chi connectivity index (χ4n) is 3.03. The van der Waals surface area contributed by atoms with E-state index in [1.165, 1.54) is 30.4 Å². The standard InChI is InChI=1S/C19H23NO/c1-21-19-7-2-4-15(13-19)10-11-20-14-16-8-9-17-5-3-6-18(17)12-16/h2,4,7-9,12-13,20H,3,5-6,10-11,14H2,1H3. The highest BCUT2D eigenvalue weighted by Gasteiger charge is 2.10. The molecule has 1 N–H and O–H groups in total. The molecule has 2 nitrogen and oxygen atoms in total. The van der Waals surface area contributed by atoms with Gasteiger partial charge in [0.15, 0.2) is 0 Å². The van der Waals surface area contributed by atoms with E-state index in [0.717, 1.165) is 25.3 Å². The van der Waals surface area contributed by atoms with Gasteiger partial charge < -0.3 is 10.1 Å². The van der Waals surface area contributed by atoms with Crippen LogP contribution in [0.5, 0.6) is 5.75 Å². The SMILES string of the molecule is COc1cccc(CCNCc2ccc3c(c2)CCC3)c1. The molecular weight excluding hydrogens is 258 g/mol. The number of rotatable bonds is 6. The fourth-order valence-corrected chi connectivity index (χ4v) is 3.03. The molecule has 3 rings (SSSR count). The van der Waals surface area contributed by atoms with Gasteiger partial charge in [-0.3, -0.25) is 0 Å². The van der Waals surface area contributed by atoms with Crippen LogP contribution >= 0.6 is 0 Å². The Morgan fingerprint density at radius 2 is 1.90 bits per heavy atom. The Hall–Kier alpha value is -1.80. The van der Waals surface area contributed by atoms with Gasteiger partial charge in [-0.15, -0.1) is 0 Å². The van der Waals surface area contributed by atoms with Gasteiger partial charge in [0, 0.05) is 6.54 Å². The van der Waals surface area contributed by atoms with Gasteiger partial charge >= 0.3 is 0 Å². The molecule has 0 atom stereocenters. The molecule has 110 valence electrons. The predicted octanol–water partition coefficient (Wildman–Crippen LogP) is 3.52. The highest BCUT2D eigenvalue weighted by Crippen LogP contribution is 2.22. The number of benzene rings is 2. The third-order valence-electron chi connectivity index (χ3n) is 4.22. The normalized spacial score (nSPS) is 13.2. The number of hydrogen-bond acceptors (Lipinski definition) is 2. The number of hydrogen-bond donors (Lipinski definition) is 1. The summed E-state index contributed by atoms with van der Waals surface area (Å²) in [5, 5.41) is 3.54. The summed E-state index contributed by atoms with van der Waals surface area (Å²) in [5.74, 6) is 0.936. The van der Waals surface area contributed by atoms with Crippen LogP contribution in [0.2, 0.25) is 0 Å². The lowest BCUT2D eigenvalue weighted by Crippen LogP contribution is -2.16. The lowest BCUT2D eigenvalue weighted by molar-refractivity contribution is 0.414. The molecule has 0 saturated heterocycles. The summed E-state index contributed by atoms with van der Waals surface area (Å²) in [6.07, 6.45) is 4.87. The van der Waals surface area contributed by atoms with Crippen LogP contribution in [0.3, 0.4) is 0 Å². The summed E-state index contributed by atoms with van der Waals surface area (Å²) in [7, 11) is 1.71. The molecule has 0 heterocycles. The highest BCUT2D eigenvalue weighted by atomic mass is 16.5. The zero-order valence-electron chi connectivity index (χ0n) is 12.7. The van der Waals surface area contributed by atoms with E-state index in [2.05, 4.69) is 41.7 Å². The van der Waals surface area contributed by atoms with Crippen LogP contribution in [0.4, 0.5) is 0 Å². The molecule has 0 bridgehead atoms. The van der Waals surface area contributed by atoms with Crippen LogP contribution in [0.1, 0.15) is 28.7 Å². The summed E-state index contributed by atoms with van der Waals surface area (Å²) in [4.78, 5) is 0.